The minimum Gasteiger partial charge on any atom is -0.278 e. The Morgan fingerprint density at radius 1 is 0.842 bits per heavy atom. The van der Waals surface area contributed by atoms with Gasteiger partial charge >= 0.3 is 6.03 Å². The third-order valence-electron chi connectivity index (χ3n) is 3.08. The molecule has 2 amide bonds. The predicted molar refractivity (Wildman–Crippen MR) is 73.2 cm³/mol. The smallest absolute Gasteiger partial charge is 0.278 e. The van der Waals surface area contributed by atoms with Crippen LogP contribution < -0.4 is 9.80 Å². The fourth-order valence-electron chi connectivity index (χ4n) is 2.18. The minimum atomic E-state index is -0.0661. The molecule has 3 rings (SSSR count). The Hall–Kier alpha value is -2.43. The maximum absolute atomic E-state index is 12.5. The van der Waals surface area contributed by atoms with E-state index in [1.165, 1.54) is 0 Å². The highest BCUT2D eigenvalue weighted by Gasteiger charge is 2.28. The molecule has 3 heterocycles. The zero-order valence-electron chi connectivity index (χ0n) is 10.4. The van der Waals surface area contributed by atoms with Crippen molar-refractivity contribution in [1.29, 1.82) is 0 Å². The quantitative estimate of drug-likeness (QED) is 0.826. The Kier molecular flexibility index (Phi) is 3.10. The molecule has 5 heteroatoms. The van der Waals surface area contributed by atoms with Gasteiger partial charge in [-0.3, -0.25) is 9.80 Å². The maximum atomic E-state index is 12.5. The van der Waals surface area contributed by atoms with Gasteiger partial charge in [-0.1, -0.05) is 12.1 Å². The average Bonchev–Trinajstić information content (AvgIpc) is 2.49. The number of hydrogen-bond acceptors (Lipinski definition) is 3. The number of carbonyl (C=O) groups is 1. The number of amides is 2. The summed E-state index contributed by atoms with van der Waals surface area (Å²) in [5, 5.41) is 0. The van der Waals surface area contributed by atoms with Crippen LogP contribution >= 0.6 is 0 Å². The van der Waals surface area contributed by atoms with Crippen molar-refractivity contribution in [2.24, 2.45) is 0 Å². The lowest BCUT2D eigenvalue weighted by atomic mass is 10.2. The Balaban J connectivity index is 1.88. The van der Waals surface area contributed by atoms with E-state index < -0.39 is 0 Å². The average molecular weight is 254 g/mol. The van der Waals surface area contributed by atoms with Gasteiger partial charge in [0.1, 0.15) is 11.6 Å². The summed E-state index contributed by atoms with van der Waals surface area (Å²) < 4.78 is 0. The van der Waals surface area contributed by atoms with Crippen LogP contribution in [0.3, 0.4) is 0 Å². The van der Waals surface area contributed by atoms with Gasteiger partial charge in [0.2, 0.25) is 0 Å². The number of aromatic nitrogens is 2. The minimum absolute atomic E-state index is 0.0661. The van der Waals surface area contributed by atoms with Gasteiger partial charge in [0, 0.05) is 25.5 Å². The molecule has 0 aromatic carbocycles. The highest BCUT2D eigenvalue weighted by Crippen LogP contribution is 2.21. The second-order valence-electron chi connectivity index (χ2n) is 4.32. The number of urea groups is 1. The topological polar surface area (TPSA) is 49.3 Å². The van der Waals surface area contributed by atoms with E-state index in [-0.39, 0.29) is 6.03 Å². The summed E-state index contributed by atoms with van der Waals surface area (Å²) in [5.74, 6) is 1.38. The van der Waals surface area contributed by atoms with E-state index in [1.54, 1.807) is 22.2 Å². The van der Waals surface area contributed by atoms with Crippen molar-refractivity contribution in [3.05, 3.63) is 48.8 Å². The van der Waals surface area contributed by atoms with Crippen LogP contribution in [0.1, 0.15) is 6.42 Å². The van der Waals surface area contributed by atoms with Crippen molar-refractivity contribution in [3.8, 4) is 0 Å². The molecular weight excluding hydrogens is 240 g/mol. The second kappa shape index (κ2) is 5.06. The standard InChI is InChI=1S/C14H14N4O/c19-14-17(12-6-1-3-8-15-12)10-5-11-18(14)13-7-2-4-9-16-13/h1-4,6-9H,5,10-11H2. The predicted octanol–water partition coefficient (Wildman–Crippen LogP) is 2.31. The van der Waals surface area contributed by atoms with Crippen LogP contribution in [0, 0.1) is 0 Å². The first kappa shape index (κ1) is 11.6. The first-order chi connectivity index (χ1) is 9.36. The van der Waals surface area contributed by atoms with E-state index in [0.29, 0.717) is 24.7 Å². The van der Waals surface area contributed by atoms with Gasteiger partial charge in [-0.15, -0.1) is 0 Å². The molecule has 1 fully saturated rings. The van der Waals surface area contributed by atoms with Gasteiger partial charge in [-0.25, -0.2) is 14.8 Å². The normalized spacial score (nSPS) is 15.7. The third kappa shape index (κ3) is 2.27. The molecule has 0 aliphatic carbocycles. The van der Waals surface area contributed by atoms with Crippen LogP contribution in [0.15, 0.2) is 48.8 Å². The molecular formula is C14H14N4O. The molecule has 0 bridgehead atoms. The summed E-state index contributed by atoms with van der Waals surface area (Å²) in [6.07, 6.45) is 4.30. The summed E-state index contributed by atoms with van der Waals surface area (Å²) in [4.78, 5) is 24.4. The van der Waals surface area contributed by atoms with Crippen LogP contribution in [0.5, 0.6) is 0 Å². The molecule has 19 heavy (non-hydrogen) atoms. The van der Waals surface area contributed by atoms with E-state index in [0.717, 1.165) is 6.42 Å². The third-order valence-corrected chi connectivity index (χ3v) is 3.08. The molecule has 1 aliphatic rings. The van der Waals surface area contributed by atoms with E-state index >= 15 is 0 Å². The molecule has 0 spiro atoms. The first-order valence-electron chi connectivity index (χ1n) is 6.27. The summed E-state index contributed by atoms with van der Waals surface area (Å²) in [5.41, 5.74) is 0. The van der Waals surface area contributed by atoms with E-state index in [4.69, 9.17) is 0 Å². The molecule has 2 aromatic rings. The van der Waals surface area contributed by atoms with Gasteiger partial charge < -0.3 is 0 Å². The van der Waals surface area contributed by atoms with Crippen molar-refractivity contribution in [2.45, 2.75) is 6.42 Å². The molecule has 0 N–H and O–H groups in total. The molecule has 0 radical (unpaired) electrons. The Bertz CT molecular complexity index is 509. The summed E-state index contributed by atoms with van der Waals surface area (Å²) in [7, 11) is 0. The molecule has 0 atom stereocenters. The molecule has 1 aliphatic heterocycles. The molecule has 0 saturated carbocycles. The summed E-state index contributed by atoms with van der Waals surface area (Å²) in [6.45, 7) is 1.39. The van der Waals surface area contributed by atoms with Crippen LogP contribution in [0.25, 0.3) is 0 Å². The Morgan fingerprint density at radius 2 is 1.37 bits per heavy atom. The van der Waals surface area contributed by atoms with E-state index in [9.17, 15) is 4.79 Å². The van der Waals surface area contributed by atoms with Gasteiger partial charge in [-0.2, -0.15) is 0 Å². The zero-order valence-corrected chi connectivity index (χ0v) is 10.4. The van der Waals surface area contributed by atoms with Crippen LogP contribution in [-0.2, 0) is 0 Å². The largest absolute Gasteiger partial charge is 0.331 e. The van der Waals surface area contributed by atoms with Crippen LogP contribution in [0.4, 0.5) is 16.4 Å². The number of rotatable bonds is 2. The van der Waals surface area contributed by atoms with Crippen LogP contribution in [-0.4, -0.2) is 29.1 Å². The fraction of sp³-hybridized carbons (Fsp3) is 0.214. The molecule has 5 nitrogen and oxygen atoms in total. The molecule has 2 aromatic heterocycles. The summed E-state index contributed by atoms with van der Waals surface area (Å²) >= 11 is 0. The lowest BCUT2D eigenvalue weighted by Gasteiger charge is -2.34. The van der Waals surface area contributed by atoms with Crippen molar-refractivity contribution in [1.82, 2.24) is 9.97 Å². The Morgan fingerprint density at radius 3 is 1.79 bits per heavy atom. The van der Waals surface area contributed by atoms with Gasteiger partial charge in [-0.05, 0) is 30.7 Å². The molecule has 96 valence electrons. The van der Waals surface area contributed by atoms with Gasteiger partial charge in [0.05, 0.1) is 0 Å². The second-order valence-corrected chi connectivity index (χ2v) is 4.32. The SMILES string of the molecule is O=C1N(c2ccccn2)CCCN1c1ccccn1. The van der Waals surface area contributed by atoms with Gasteiger partial charge in [0.25, 0.3) is 0 Å². The maximum Gasteiger partial charge on any atom is 0.331 e. The highest BCUT2D eigenvalue weighted by molar-refractivity contribution is 6.03. The van der Waals surface area contributed by atoms with Crippen molar-refractivity contribution >= 4 is 17.7 Å². The van der Waals surface area contributed by atoms with Gasteiger partial charge in [0.15, 0.2) is 0 Å². The van der Waals surface area contributed by atoms with Crippen molar-refractivity contribution in [3.63, 3.8) is 0 Å². The first-order valence-corrected chi connectivity index (χ1v) is 6.27. The van der Waals surface area contributed by atoms with Crippen molar-refractivity contribution < 1.29 is 4.79 Å². The lowest BCUT2D eigenvalue weighted by Crippen LogP contribution is -2.50. The monoisotopic (exact) mass is 254 g/mol. The lowest BCUT2D eigenvalue weighted by molar-refractivity contribution is 0.248. The fourth-order valence-corrected chi connectivity index (χ4v) is 2.18. The number of pyridine rings is 2. The number of anilines is 2. The Labute approximate surface area is 111 Å². The number of hydrogen-bond donors (Lipinski definition) is 0. The number of nitrogens with zero attached hydrogens (tertiary/aromatic N) is 4. The molecule has 0 unspecified atom stereocenters. The molecule has 1 saturated heterocycles. The zero-order chi connectivity index (χ0) is 13.1. The summed E-state index contributed by atoms with van der Waals surface area (Å²) in [6, 6.07) is 11.1. The van der Waals surface area contributed by atoms with E-state index in [1.807, 2.05) is 36.4 Å². The van der Waals surface area contributed by atoms with E-state index in [2.05, 4.69) is 9.97 Å². The highest BCUT2D eigenvalue weighted by atomic mass is 16.2. The van der Waals surface area contributed by atoms with Crippen molar-refractivity contribution in [2.75, 3.05) is 22.9 Å². The van der Waals surface area contributed by atoms with Crippen LogP contribution in [0.2, 0.25) is 0 Å². The number of carbonyl (C=O) groups excluding carboxylic acids is 1.